The van der Waals surface area contributed by atoms with E-state index in [9.17, 15) is 20.4 Å². The second-order valence-corrected chi connectivity index (χ2v) is 14.5. The molecular weight excluding hydrogens is 674 g/mol. The van der Waals surface area contributed by atoms with Crippen LogP contribution in [-0.4, -0.2) is 85.9 Å². The molecule has 3 heterocycles. The Morgan fingerprint density at radius 3 is 2.64 bits per heavy atom. The van der Waals surface area contributed by atoms with Crippen LogP contribution in [0, 0.1) is 0 Å². The zero-order valence-corrected chi connectivity index (χ0v) is 30.2. The van der Waals surface area contributed by atoms with Gasteiger partial charge in [-0.05, 0) is 115 Å². The normalized spacial score (nSPS) is 22.2. The Bertz CT molecular complexity index is 2160. The van der Waals surface area contributed by atoms with Crippen molar-refractivity contribution in [1.29, 1.82) is 0 Å². The topological polar surface area (TPSA) is 154 Å². The quantitative estimate of drug-likeness (QED) is 0.121. The number of phenols is 2. The molecule has 0 saturated carbocycles. The molecule has 278 valence electrons. The number of aromatic hydroxyl groups is 2. The van der Waals surface area contributed by atoms with E-state index in [1.54, 1.807) is 18.2 Å². The molecule has 0 unspecified atom stereocenters. The van der Waals surface area contributed by atoms with Crippen molar-refractivity contribution < 1.29 is 39.4 Å². The average molecular weight is 722 g/mol. The molecule has 0 saturated heterocycles. The highest BCUT2D eigenvalue weighted by Gasteiger charge is 2.50. The molecular formula is C42H47N3O8. The van der Waals surface area contributed by atoms with Crippen LogP contribution in [0.3, 0.4) is 0 Å². The Kier molecular flexibility index (Phi) is 9.78. The van der Waals surface area contributed by atoms with Crippen LogP contribution in [0.25, 0.3) is 17.2 Å². The zero-order valence-electron chi connectivity index (χ0n) is 30.2. The fourth-order valence-electron chi connectivity index (χ4n) is 8.74. The number of rotatable bonds is 12. The molecule has 0 aromatic heterocycles. The number of nitrogens with one attached hydrogen (secondary N) is 2. The van der Waals surface area contributed by atoms with Gasteiger partial charge in [0.25, 0.3) is 0 Å². The first-order chi connectivity index (χ1) is 25.9. The zero-order chi connectivity index (χ0) is 36.7. The molecule has 0 amide bonds. The molecule has 0 bridgehead atoms. The standard InChI is InChI=1S/C42H47N3O8/c1-43-22-42(51-23-44-2)20-34-33-17-27(16-24-3-9-35-25(15-24)11-12-45-35)32-19-28(48)5-7-30(32)38(33)40-31(8-6-29(21-47)52-40)39(34)53-41(42)26-4-10-36(49)37(18-26)50-14-13-46/h3-5,7,9-11,15,18-19,27,29,41,43-44,46-49H,6,8,12-14,16-17,20-23H2,1-2H3/t27-,29+,41-,42+/m1/s1. The van der Waals surface area contributed by atoms with E-state index in [1.165, 1.54) is 5.56 Å². The van der Waals surface area contributed by atoms with Gasteiger partial charge in [0.15, 0.2) is 17.6 Å². The minimum atomic E-state index is -0.898. The van der Waals surface area contributed by atoms with Crippen molar-refractivity contribution in [3.8, 4) is 39.9 Å². The van der Waals surface area contributed by atoms with E-state index in [4.69, 9.17) is 18.9 Å². The highest BCUT2D eigenvalue weighted by molar-refractivity contribution is 5.85. The van der Waals surface area contributed by atoms with Gasteiger partial charge in [-0.15, -0.1) is 0 Å². The lowest BCUT2D eigenvalue weighted by Gasteiger charge is -2.47. The summed E-state index contributed by atoms with van der Waals surface area (Å²) in [6.45, 7) is 1.16. The third kappa shape index (κ3) is 6.40. The number of aliphatic hydroxyl groups excluding tert-OH is 2. The molecule has 53 heavy (non-hydrogen) atoms. The summed E-state index contributed by atoms with van der Waals surface area (Å²) in [6, 6.07) is 17.3. The van der Waals surface area contributed by atoms with E-state index in [0.29, 0.717) is 38.8 Å². The first-order valence-corrected chi connectivity index (χ1v) is 18.5. The van der Waals surface area contributed by atoms with Gasteiger partial charge >= 0.3 is 0 Å². The molecule has 4 aliphatic rings. The SMILES string of the molecule is CNCO[C@]1(CNC)Cc2c3c(c4c(c2O[C@@H]1c1ccc(O)c(OCCO)c1)CC[C@@H](CO)O4)-c1ccc(O)cc1[C@H](Cc1ccc2c(c1)=CCN=2)C3. The van der Waals surface area contributed by atoms with Crippen LogP contribution in [0.4, 0.5) is 0 Å². The van der Waals surface area contributed by atoms with Crippen molar-refractivity contribution >= 4 is 6.08 Å². The number of likely N-dealkylation sites (N-methyl/N-ethyl adjacent to an activating group) is 1. The second-order valence-electron chi connectivity index (χ2n) is 14.5. The van der Waals surface area contributed by atoms with Gasteiger partial charge in [0.1, 0.15) is 35.6 Å². The van der Waals surface area contributed by atoms with Gasteiger partial charge in [-0.25, -0.2) is 0 Å². The molecule has 4 atom stereocenters. The number of phenolic OH excluding ortho intramolecular Hbond substituents is 2. The van der Waals surface area contributed by atoms with Crippen molar-refractivity contribution in [2.75, 3.05) is 53.7 Å². The van der Waals surface area contributed by atoms with E-state index < -0.39 is 11.7 Å². The maximum atomic E-state index is 10.8. The van der Waals surface area contributed by atoms with Crippen LogP contribution in [0.1, 0.15) is 51.8 Å². The summed E-state index contributed by atoms with van der Waals surface area (Å²) in [6.07, 6.45) is 4.39. The maximum absolute atomic E-state index is 10.8. The molecule has 3 aliphatic heterocycles. The average Bonchev–Trinajstić information content (AvgIpc) is 3.65. The minimum Gasteiger partial charge on any atom is -0.508 e. The number of hydrogen-bond acceptors (Lipinski definition) is 11. The highest BCUT2D eigenvalue weighted by Crippen LogP contribution is 2.57. The predicted octanol–water partition coefficient (Wildman–Crippen LogP) is 2.95. The lowest BCUT2D eigenvalue weighted by Crippen LogP contribution is -2.54. The molecule has 11 heteroatoms. The second kappa shape index (κ2) is 14.6. The van der Waals surface area contributed by atoms with Gasteiger partial charge in [0.2, 0.25) is 0 Å². The highest BCUT2D eigenvalue weighted by atomic mass is 16.6. The van der Waals surface area contributed by atoms with Gasteiger partial charge in [-0.1, -0.05) is 24.3 Å². The van der Waals surface area contributed by atoms with Crippen molar-refractivity contribution in [2.24, 2.45) is 4.99 Å². The van der Waals surface area contributed by atoms with Crippen molar-refractivity contribution in [3.05, 3.63) is 98.6 Å². The number of ether oxygens (including phenoxy) is 4. The van der Waals surface area contributed by atoms with E-state index in [0.717, 1.165) is 67.4 Å². The summed E-state index contributed by atoms with van der Waals surface area (Å²) in [5, 5.41) is 49.9. The Morgan fingerprint density at radius 1 is 0.943 bits per heavy atom. The third-order valence-electron chi connectivity index (χ3n) is 11.1. The summed E-state index contributed by atoms with van der Waals surface area (Å²) >= 11 is 0. The van der Waals surface area contributed by atoms with Gasteiger partial charge in [0.05, 0.1) is 31.8 Å². The molecule has 0 radical (unpaired) electrons. The molecule has 4 aromatic carbocycles. The van der Waals surface area contributed by atoms with E-state index in [1.807, 2.05) is 32.3 Å². The van der Waals surface area contributed by atoms with E-state index in [2.05, 4.69) is 39.9 Å². The lowest BCUT2D eigenvalue weighted by atomic mass is 9.70. The van der Waals surface area contributed by atoms with Crippen molar-refractivity contribution in [3.63, 3.8) is 0 Å². The van der Waals surface area contributed by atoms with Gasteiger partial charge in [-0.2, -0.15) is 0 Å². The monoisotopic (exact) mass is 721 g/mol. The Morgan fingerprint density at radius 2 is 1.83 bits per heavy atom. The molecule has 4 aromatic rings. The summed E-state index contributed by atoms with van der Waals surface area (Å²) in [5.41, 5.74) is 7.25. The van der Waals surface area contributed by atoms with E-state index in [-0.39, 0.29) is 55.8 Å². The van der Waals surface area contributed by atoms with Crippen LogP contribution in [0.2, 0.25) is 0 Å². The van der Waals surface area contributed by atoms with Crippen LogP contribution in [0.5, 0.6) is 28.7 Å². The lowest BCUT2D eigenvalue weighted by molar-refractivity contribution is -0.128. The van der Waals surface area contributed by atoms with Gasteiger partial charge in [-0.3, -0.25) is 10.3 Å². The van der Waals surface area contributed by atoms with Crippen LogP contribution >= 0.6 is 0 Å². The molecule has 11 nitrogen and oxygen atoms in total. The third-order valence-corrected chi connectivity index (χ3v) is 11.1. The number of hydrogen-bond donors (Lipinski definition) is 6. The molecule has 0 spiro atoms. The first-order valence-electron chi connectivity index (χ1n) is 18.5. The van der Waals surface area contributed by atoms with Crippen LogP contribution in [0.15, 0.2) is 59.6 Å². The first kappa shape index (κ1) is 35.4. The van der Waals surface area contributed by atoms with Crippen LogP contribution in [-0.2, 0) is 30.4 Å². The molecule has 1 aliphatic carbocycles. The van der Waals surface area contributed by atoms with E-state index >= 15 is 0 Å². The Hall–Kier alpha value is -4.65. The molecule has 6 N–H and O–H groups in total. The predicted molar refractivity (Wildman–Crippen MR) is 199 cm³/mol. The fourth-order valence-corrected chi connectivity index (χ4v) is 8.74. The van der Waals surface area contributed by atoms with Crippen molar-refractivity contribution in [1.82, 2.24) is 10.6 Å². The Balaban J connectivity index is 1.32. The Labute approximate surface area is 308 Å². The minimum absolute atomic E-state index is 0.0323. The molecule has 0 fully saturated rings. The number of aliphatic hydroxyl groups is 2. The largest absolute Gasteiger partial charge is 0.508 e. The van der Waals surface area contributed by atoms with Gasteiger partial charge < -0.3 is 44.7 Å². The number of nitrogens with zero attached hydrogens (tertiary/aromatic N) is 1. The maximum Gasteiger partial charge on any atom is 0.161 e. The van der Waals surface area contributed by atoms with Crippen LogP contribution < -0.4 is 35.4 Å². The smallest absolute Gasteiger partial charge is 0.161 e. The summed E-state index contributed by atoms with van der Waals surface area (Å²) in [5.74, 6) is 1.96. The number of fused-ring (bicyclic) bond motifs is 9. The van der Waals surface area contributed by atoms with Gasteiger partial charge in [0, 0.05) is 29.7 Å². The summed E-state index contributed by atoms with van der Waals surface area (Å²) in [7, 11) is 3.74. The summed E-state index contributed by atoms with van der Waals surface area (Å²) < 4.78 is 26.5. The summed E-state index contributed by atoms with van der Waals surface area (Å²) in [4.78, 5) is 4.58. The fraction of sp³-hybridized carbons (Fsp3) is 0.405. The molecule has 8 rings (SSSR count). The number of benzene rings is 4. The van der Waals surface area contributed by atoms with Crippen molar-refractivity contribution in [2.45, 2.75) is 55.8 Å².